The molecule has 0 amide bonds. The molecule has 0 aliphatic rings. The van der Waals surface area contributed by atoms with Crippen LogP contribution in [0, 0.1) is 11.3 Å². The molecule has 0 aromatic carbocycles. The third-order valence-electron chi connectivity index (χ3n) is 2.14. The number of nitriles is 1. The summed E-state index contributed by atoms with van der Waals surface area (Å²) in [6.07, 6.45) is 1.06. The molecule has 76 valence electrons. The van der Waals surface area contributed by atoms with E-state index in [-0.39, 0.29) is 0 Å². The number of nitrogens with one attached hydrogen (secondary N) is 1. The minimum absolute atomic E-state index is 0.402. The summed E-state index contributed by atoms with van der Waals surface area (Å²) in [5.74, 6) is 0. The smallest absolute Gasteiger partial charge is 0.116 e. The fourth-order valence-electron chi connectivity index (χ4n) is 1.18. The minimum Gasteiger partial charge on any atom is -0.304 e. The molecule has 3 nitrogen and oxygen atoms in total. The third-order valence-corrected chi connectivity index (χ3v) is 2.14. The fraction of sp³-hybridized carbons (Fsp3) is 0.900. The molecule has 0 aromatic heterocycles. The van der Waals surface area contributed by atoms with Crippen LogP contribution in [0.25, 0.3) is 0 Å². The number of nitrogens with zero attached hydrogens (tertiary/aromatic N) is 2. The second-order valence-electron chi connectivity index (χ2n) is 3.70. The van der Waals surface area contributed by atoms with Crippen molar-refractivity contribution in [3.8, 4) is 6.07 Å². The Morgan fingerprint density at radius 1 is 1.46 bits per heavy atom. The summed E-state index contributed by atoms with van der Waals surface area (Å²) in [5.41, 5.74) is -0.402. The van der Waals surface area contributed by atoms with Crippen molar-refractivity contribution in [2.45, 2.75) is 32.7 Å². The molecule has 0 saturated carbocycles. The lowest BCUT2D eigenvalue weighted by atomic mass is 10.0. The van der Waals surface area contributed by atoms with E-state index in [0.717, 1.165) is 26.1 Å². The standard InChI is InChI=1S/C10H21N3/c1-5-7-12-10(3,8-11)9-13(4)6-2/h12H,5-7,9H2,1-4H3. The first-order valence-corrected chi connectivity index (χ1v) is 4.92. The molecule has 1 N–H and O–H groups in total. The number of rotatable bonds is 6. The average molecular weight is 183 g/mol. The summed E-state index contributed by atoms with van der Waals surface area (Å²) in [4.78, 5) is 2.14. The van der Waals surface area contributed by atoms with Crippen molar-refractivity contribution in [2.75, 3.05) is 26.7 Å². The van der Waals surface area contributed by atoms with Gasteiger partial charge in [0.05, 0.1) is 6.07 Å². The van der Waals surface area contributed by atoms with E-state index in [9.17, 15) is 0 Å². The van der Waals surface area contributed by atoms with Crippen molar-refractivity contribution >= 4 is 0 Å². The molecule has 0 aromatic rings. The van der Waals surface area contributed by atoms with Gasteiger partial charge in [-0.25, -0.2) is 0 Å². The summed E-state index contributed by atoms with van der Waals surface area (Å²) >= 11 is 0. The van der Waals surface area contributed by atoms with Gasteiger partial charge in [0.2, 0.25) is 0 Å². The van der Waals surface area contributed by atoms with Crippen LogP contribution < -0.4 is 5.32 Å². The Morgan fingerprint density at radius 2 is 2.08 bits per heavy atom. The highest BCUT2D eigenvalue weighted by Crippen LogP contribution is 2.03. The first-order chi connectivity index (χ1) is 6.08. The lowest BCUT2D eigenvalue weighted by Crippen LogP contribution is -2.49. The Labute approximate surface area is 81.7 Å². The van der Waals surface area contributed by atoms with Gasteiger partial charge in [0.25, 0.3) is 0 Å². The molecule has 1 atom stereocenters. The van der Waals surface area contributed by atoms with Gasteiger partial charge in [-0.05, 0) is 33.5 Å². The summed E-state index contributed by atoms with van der Waals surface area (Å²) in [7, 11) is 2.03. The zero-order chi connectivity index (χ0) is 10.3. The highest BCUT2D eigenvalue weighted by molar-refractivity contribution is 5.05. The Bertz CT molecular complexity index is 173. The molecule has 1 unspecified atom stereocenters. The number of likely N-dealkylation sites (N-methyl/N-ethyl adjacent to an activating group) is 1. The molecular weight excluding hydrogens is 162 g/mol. The van der Waals surface area contributed by atoms with Crippen LogP contribution in [0.1, 0.15) is 27.2 Å². The number of hydrogen-bond donors (Lipinski definition) is 1. The predicted octanol–water partition coefficient (Wildman–Crippen LogP) is 1.22. The van der Waals surface area contributed by atoms with Crippen LogP contribution in [0.4, 0.5) is 0 Å². The van der Waals surface area contributed by atoms with Gasteiger partial charge in [0.1, 0.15) is 5.54 Å². The van der Waals surface area contributed by atoms with Crippen LogP contribution in [0.3, 0.4) is 0 Å². The van der Waals surface area contributed by atoms with E-state index in [1.165, 1.54) is 0 Å². The second kappa shape index (κ2) is 5.95. The van der Waals surface area contributed by atoms with Crippen LogP contribution in [0.2, 0.25) is 0 Å². The van der Waals surface area contributed by atoms with Crippen molar-refractivity contribution in [1.82, 2.24) is 10.2 Å². The molecule has 0 rings (SSSR count). The van der Waals surface area contributed by atoms with Gasteiger partial charge < -0.3 is 4.90 Å². The molecule has 0 fully saturated rings. The number of hydrogen-bond acceptors (Lipinski definition) is 3. The Hall–Kier alpha value is -0.590. The molecule has 0 spiro atoms. The van der Waals surface area contributed by atoms with Gasteiger partial charge >= 0.3 is 0 Å². The highest BCUT2D eigenvalue weighted by atomic mass is 15.1. The van der Waals surface area contributed by atoms with Crippen LogP contribution in [-0.4, -0.2) is 37.1 Å². The first-order valence-electron chi connectivity index (χ1n) is 4.92. The minimum atomic E-state index is -0.402. The van der Waals surface area contributed by atoms with Crippen molar-refractivity contribution in [2.24, 2.45) is 0 Å². The van der Waals surface area contributed by atoms with Gasteiger partial charge in [-0.15, -0.1) is 0 Å². The van der Waals surface area contributed by atoms with Crippen molar-refractivity contribution in [3.63, 3.8) is 0 Å². The van der Waals surface area contributed by atoms with Gasteiger partial charge in [-0.2, -0.15) is 5.26 Å². The van der Waals surface area contributed by atoms with E-state index >= 15 is 0 Å². The fourth-order valence-corrected chi connectivity index (χ4v) is 1.18. The van der Waals surface area contributed by atoms with Crippen molar-refractivity contribution in [3.05, 3.63) is 0 Å². The van der Waals surface area contributed by atoms with E-state index < -0.39 is 5.54 Å². The van der Waals surface area contributed by atoms with Gasteiger partial charge in [0.15, 0.2) is 0 Å². The zero-order valence-corrected chi connectivity index (χ0v) is 9.22. The topological polar surface area (TPSA) is 39.1 Å². The van der Waals surface area contributed by atoms with E-state index in [2.05, 4.69) is 30.1 Å². The molecule has 0 heterocycles. The lowest BCUT2D eigenvalue weighted by molar-refractivity contribution is 0.271. The summed E-state index contributed by atoms with van der Waals surface area (Å²) in [5, 5.41) is 12.3. The largest absolute Gasteiger partial charge is 0.304 e. The van der Waals surface area contributed by atoms with Gasteiger partial charge in [-0.1, -0.05) is 13.8 Å². The Balaban J connectivity index is 4.05. The molecule has 13 heavy (non-hydrogen) atoms. The molecule has 3 heteroatoms. The van der Waals surface area contributed by atoms with Crippen molar-refractivity contribution in [1.29, 1.82) is 5.26 Å². The average Bonchev–Trinajstić information content (AvgIpc) is 2.14. The summed E-state index contributed by atoms with van der Waals surface area (Å²) < 4.78 is 0. The Kier molecular flexibility index (Phi) is 5.68. The van der Waals surface area contributed by atoms with Crippen LogP contribution in [0.5, 0.6) is 0 Å². The summed E-state index contributed by atoms with van der Waals surface area (Å²) in [6.45, 7) is 8.81. The molecule has 0 aliphatic heterocycles. The first kappa shape index (κ1) is 12.4. The van der Waals surface area contributed by atoms with Gasteiger partial charge in [-0.3, -0.25) is 5.32 Å². The van der Waals surface area contributed by atoms with Crippen LogP contribution in [0.15, 0.2) is 0 Å². The quantitative estimate of drug-likeness (QED) is 0.673. The molecule has 0 bridgehead atoms. The molecular formula is C10H21N3. The van der Waals surface area contributed by atoms with E-state index in [0.29, 0.717) is 0 Å². The normalized spacial score (nSPS) is 15.4. The molecule has 0 saturated heterocycles. The van der Waals surface area contributed by atoms with Crippen LogP contribution >= 0.6 is 0 Å². The van der Waals surface area contributed by atoms with E-state index in [1.54, 1.807) is 0 Å². The second-order valence-corrected chi connectivity index (χ2v) is 3.70. The maximum absolute atomic E-state index is 9.02. The monoisotopic (exact) mass is 183 g/mol. The van der Waals surface area contributed by atoms with E-state index in [4.69, 9.17) is 5.26 Å². The van der Waals surface area contributed by atoms with Crippen LogP contribution in [-0.2, 0) is 0 Å². The maximum atomic E-state index is 9.02. The van der Waals surface area contributed by atoms with Crippen molar-refractivity contribution < 1.29 is 0 Å². The summed E-state index contributed by atoms with van der Waals surface area (Å²) in [6, 6.07) is 2.33. The molecule has 0 radical (unpaired) electrons. The predicted molar refractivity (Wildman–Crippen MR) is 55.5 cm³/mol. The van der Waals surface area contributed by atoms with Gasteiger partial charge in [0, 0.05) is 6.54 Å². The van der Waals surface area contributed by atoms with E-state index in [1.807, 2.05) is 14.0 Å². The highest BCUT2D eigenvalue weighted by Gasteiger charge is 2.23. The lowest BCUT2D eigenvalue weighted by Gasteiger charge is -2.28. The molecule has 0 aliphatic carbocycles. The third kappa shape index (κ3) is 4.87. The Morgan fingerprint density at radius 3 is 2.46 bits per heavy atom. The maximum Gasteiger partial charge on any atom is 0.116 e. The SMILES string of the molecule is CCCNC(C)(C#N)CN(C)CC. The zero-order valence-electron chi connectivity index (χ0n) is 9.22.